The summed E-state index contributed by atoms with van der Waals surface area (Å²) < 4.78 is 31.1. The van der Waals surface area contributed by atoms with Crippen LogP contribution in [0.5, 0.6) is 0 Å². The van der Waals surface area contributed by atoms with Crippen LogP contribution in [0.4, 0.5) is 0 Å². The largest absolute Gasteiger partial charge is 0.396 e. The zero-order valence-electron chi connectivity index (χ0n) is 11.1. The molecular formula is C12H25NO4S. The molecule has 0 heterocycles. The second-order valence-corrected chi connectivity index (χ2v) is 6.78. The Balaban J connectivity index is 2.33. The first-order valence-electron chi connectivity index (χ1n) is 6.75. The first-order valence-corrected chi connectivity index (χ1v) is 8.40. The lowest BCUT2D eigenvalue weighted by molar-refractivity contribution is 0.136. The lowest BCUT2D eigenvalue weighted by Crippen LogP contribution is -2.37. The van der Waals surface area contributed by atoms with E-state index in [9.17, 15) is 13.5 Å². The first-order chi connectivity index (χ1) is 8.59. The molecule has 0 saturated heterocycles. The first kappa shape index (κ1) is 15.9. The minimum atomic E-state index is -3.24. The van der Waals surface area contributed by atoms with Gasteiger partial charge in [0.2, 0.25) is 10.0 Å². The van der Waals surface area contributed by atoms with Gasteiger partial charge < -0.3 is 9.84 Å². The summed E-state index contributed by atoms with van der Waals surface area (Å²) >= 11 is 0. The van der Waals surface area contributed by atoms with Crippen molar-refractivity contribution in [2.24, 2.45) is 11.8 Å². The molecule has 0 amide bonds. The minimum absolute atomic E-state index is 0.0113. The van der Waals surface area contributed by atoms with Gasteiger partial charge in [-0.05, 0) is 31.6 Å². The summed E-state index contributed by atoms with van der Waals surface area (Å²) in [4.78, 5) is 0. The Morgan fingerprint density at radius 2 is 1.94 bits per heavy atom. The van der Waals surface area contributed by atoms with Crippen LogP contribution in [0.1, 0.15) is 32.6 Å². The number of hydrogen-bond donors (Lipinski definition) is 2. The fourth-order valence-corrected chi connectivity index (χ4v) is 3.36. The van der Waals surface area contributed by atoms with Crippen LogP contribution < -0.4 is 4.72 Å². The Hall–Kier alpha value is -0.170. The molecule has 1 fully saturated rings. The van der Waals surface area contributed by atoms with Gasteiger partial charge in [-0.1, -0.05) is 12.8 Å². The number of aliphatic hydroxyl groups excluding tert-OH is 1. The highest BCUT2D eigenvalue weighted by atomic mass is 32.2. The molecule has 0 aromatic heterocycles. The summed E-state index contributed by atoms with van der Waals surface area (Å²) in [6.45, 7) is 3.21. The standard InChI is InChI=1S/C12H25NO4S/c1-2-17-7-8-18(15,16)13-9-11-5-3-4-6-12(11)10-14/h11-14H,2-10H2,1H3. The van der Waals surface area contributed by atoms with Crippen molar-refractivity contribution in [1.82, 2.24) is 4.72 Å². The molecule has 0 spiro atoms. The van der Waals surface area contributed by atoms with E-state index in [1.54, 1.807) is 0 Å². The third-order valence-electron chi connectivity index (χ3n) is 3.57. The Kier molecular flexibility index (Phi) is 7.14. The smallest absolute Gasteiger partial charge is 0.213 e. The summed E-state index contributed by atoms with van der Waals surface area (Å²) in [5.74, 6) is 0.524. The van der Waals surface area contributed by atoms with Crippen LogP contribution in [-0.4, -0.2) is 45.6 Å². The van der Waals surface area contributed by atoms with Gasteiger partial charge in [-0.3, -0.25) is 0 Å². The SMILES string of the molecule is CCOCCS(=O)(=O)NCC1CCCCC1CO. The molecule has 0 aliphatic heterocycles. The molecule has 1 aliphatic rings. The molecule has 2 unspecified atom stereocenters. The predicted molar refractivity (Wildman–Crippen MR) is 70.8 cm³/mol. The Bertz CT molecular complexity index is 318. The van der Waals surface area contributed by atoms with E-state index >= 15 is 0 Å². The zero-order valence-corrected chi connectivity index (χ0v) is 11.9. The van der Waals surface area contributed by atoms with Crippen LogP contribution >= 0.6 is 0 Å². The summed E-state index contributed by atoms with van der Waals surface area (Å²) in [5.41, 5.74) is 0. The topological polar surface area (TPSA) is 75.6 Å². The van der Waals surface area contributed by atoms with Gasteiger partial charge in [0.15, 0.2) is 0 Å². The van der Waals surface area contributed by atoms with E-state index in [1.165, 1.54) is 0 Å². The second kappa shape index (κ2) is 8.09. The summed E-state index contributed by atoms with van der Waals surface area (Å²) in [6.07, 6.45) is 4.27. The molecule has 0 aromatic carbocycles. The molecule has 18 heavy (non-hydrogen) atoms. The fourth-order valence-electron chi connectivity index (χ4n) is 2.41. The second-order valence-electron chi connectivity index (χ2n) is 4.85. The van der Waals surface area contributed by atoms with Crippen molar-refractivity contribution in [2.45, 2.75) is 32.6 Å². The van der Waals surface area contributed by atoms with E-state index in [-0.39, 0.29) is 30.8 Å². The number of sulfonamides is 1. The third kappa shape index (κ3) is 5.65. The van der Waals surface area contributed by atoms with Gasteiger partial charge in [0.05, 0.1) is 12.4 Å². The Morgan fingerprint density at radius 1 is 1.28 bits per heavy atom. The van der Waals surface area contributed by atoms with E-state index in [2.05, 4.69) is 4.72 Å². The number of aliphatic hydroxyl groups is 1. The normalized spacial score (nSPS) is 25.2. The quantitative estimate of drug-likeness (QED) is 0.643. The molecule has 5 nitrogen and oxygen atoms in total. The summed E-state index contributed by atoms with van der Waals surface area (Å²) in [7, 11) is -3.24. The van der Waals surface area contributed by atoms with Crippen molar-refractivity contribution in [3.63, 3.8) is 0 Å². The average Bonchev–Trinajstić information content (AvgIpc) is 2.37. The molecule has 0 aromatic rings. The molecule has 1 rings (SSSR count). The lowest BCUT2D eigenvalue weighted by Gasteiger charge is -2.30. The van der Waals surface area contributed by atoms with Crippen LogP contribution in [0.15, 0.2) is 0 Å². The highest BCUT2D eigenvalue weighted by Crippen LogP contribution is 2.29. The van der Waals surface area contributed by atoms with Crippen molar-refractivity contribution in [3.8, 4) is 0 Å². The van der Waals surface area contributed by atoms with E-state index < -0.39 is 10.0 Å². The Labute approximate surface area is 110 Å². The molecule has 108 valence electrons. The van der Waals surface area contributed by atoms with Crippen LogP contribution in [0.25, 0.3) is 0 Å². The molecule has 1 aliphatic carbocycles. The highest BCUT2D eigenvalue weighted by molar-refractivity contribution is 7.89. The zero-order chi connectivity index (χ0) is 13.4. The van der Waals surface area contributed by atoms with Crippen molar-refractivity contribution in [2.75, 3.05) is 32.1 Å². The number of ether oxygens (including phenoxy) is 1. The lowest BCUT2D eigenvalue weighted by atomic mass is 9.80. The maximum Gasteiger partial charge on any atom is 0.213 e. The van der Waals surface area contributed by atoms with E-state index in [0.29, 0.717) is 13.2 Å². The molecule has 2 atom stereocenters. The molecule has 6 heteroatoms. The van der Waals surface area contributed by atoms with Crippen molar-refractivity contribution < 1.29 is 18.3 Å². The number of nitrogens with one attached hydrogen (secondary N) is 1. The molecular weight excluding hydrogens is 254 g/mol. The van der Waals surface area contributed by atoms with Gasteiger partial charge in [-0.25, -0.2) is 13.1 Å². The van der Waals surface area contributed by atoms with E-state index in [1.807, 2.05) is 6.92 Å². The molecule has 0 radical (unpaired) electrons. The van der Waals surface area contributed by atoms with Crippen molar-refractivity contribution in [1.29, 1.82) is 0 Å². The predicted octanol–water partition coefficient (Wildman–Crippen LogP) is 0.741. The average molecular weight is 279 g/mol. The minimum Gasteiger partial charge on any atom is -0.396 e. The third-order valence-corrected chi connectivity index (χ3v) is 4.88. The maximum absolute atomic E-state index is 11.7. The highest BCUT2D eigenvalue weighted by Gasteiger charge is 2.25. The van der Waals surface area contributed by atoms with Crippen molar-refractivity contribution >= 4 is 10.0 Å². The van der Waals surface area contributed by atoms with Crippen LogP contribution in [0.3, 0.4) is 0 Å². The monoisotopic (exact) mass is 279 g/mol. The molecule has 1 saturated carbocycles. The Morgan fingerprint density at radius 3 is 2.56 bits per heavy atom. The van der Waals surface area contributed by atoms with E-state index in [0.717, 1.165) is 25.7 Å². The molecule has 0 bridgehead atoms. The van der Waals surface area contributed by atoms with Gasteiger partial charge >= 0.3 is 0 Å². The summed E-state index contributed by atoms with van der Waals surface area (Å²) in [6, 6.07) is 0. The molecule has 2 N–H and O–H groups in total. The summed E-state index contributed by atoms with van der Waals surface area (Å²) in [5, 5.41) is 9.27. The van der Waals surface area contributed by atoms with Crippen LogP contribution in [0, 0.1) is 11.8 Å². The van der Waals surface area contributed by atoms with Crippen LogP contribution in [0.2, 0.25) is 0 Å². The van der Waals surface area contributed by atoms with Gasteiger partial charge in [0.1, 0.15) is 0 Å². The van der Waals surface area contributed by atoms with Gasteiger partial charge in [0.25, 0.3) is 0 Å². The fraction of sp³-hybridized carbons (Fsp3) is 1.00. The van der Waals surface area contributed by atoms with Crippen molar-refractivity contribution in [3.05, 3.63) is 0 Å². The van der Waals surface area contributed by atoms with E-state index in [4.69, 9.17) is 4.74 Å². The van der Waals surface area contributed by atoms with Crippen LogP contribution in [-0.2, 0) is 14.8 Å². The van der Waals surface area contributed by atoms with Gasteiger partial charge in [-0.15, -0.1) is 0 Å². The number of rotatable bonds is 8. The van der Waals surface area contributed by atoms with Gasteiger partial charge in [0, 0.05) is 19.8 Å². The van der Waals surface area contributed by atoms with Gasteiger partial charge in [-0.2, -0.15) is 0 Å². The number of hydrogen-bond acceptors (Lipinski definition) is 4. The maximum atomic E-state index is 11.7.